The lowest BCUT2D eigenvalue weighted by molar-refractivity contribution is -0.126. The third-order valence-corrected chi connectivity index (χ3v) is 5.75. The zero-order chi connectivity index (χ0) is 19.0. The van der Waals surface area contributed by atoms with Gasteiger partial charge in [-0.05, 0) is 36.4 Å². The second-order valence-electron chi connectivity index (χ2n) is 6.56. The maximum Gasteiger partial charge on any atom is 0.264 e. The molecule has 0 radical (unpaired) electrons. The Bertz CT molecular complexity index is 883. The van der Waals surface area contributed by atoms with Crippen molar-refractivity contribution in [1.29, 1.82) is 0 Å². The summed E-state index contributed by atoms with van der Waals surface area (Å²) < 4.78 is 5.62. The quantitative estimate of drug-likeness (QED) is 0.869. The lowest BCUT2D eigenvalue weighted by atomic mass is 10.1. The topological polar surface area (TPSA) is 92.9 Å². The summed E-state index contributed by atoms with van der Waals surface area (Å²) >= 11 is 1.36. The van der Waals surface area contributed by atoms with E-state index in [1.807, 2.05) is 11.4 Å². The third kappa shape index (κ3) is 3.16. The minimum Gasteiger partial charge on any atom is -0.477 e. The molecule has 1 fully saturated rings. The Balaban J connectivity index is 1.63. The van der Waals surface area contributed by atoms with Crippen molar-refractivity contribution in [3.8, 4) is 5.75 Å². The first kappa shape index (κ1) is 17.5. The molecule has 0 bridgehead atoms. The van der Waals surface area contributed by atoms with E-state index in [-0.39, 0.29) is 18.4 Å². The minimum atomic E-state index is -0.910. The number of nitrogens with two attached hydrogens (primary N) is 1. The van der Waals surface area contributed by atoms with E-state index in [1.165, 1.54) is 16.2 Å². The van der Waals surface area contributed by atoms with Crippen molar-refractivity contribution < 1.29 is 19.1 Å². The Morgan fingerprint density at radius 3 is 2.70 bits per heavy atom. The summed E-state index contributed by atoms with van der Waals surface area (Å²) in [5.74, 6) is -0.525. The van der Waals surface area contributed by atoms with Crippen molar-refractivity contribution in [2.45, 2.75) is 25.0 Å². The summed E-state index contributed by atoms with van der Waals surface area (Å²) in [6.07, 6.45) is 0.446. The van der Waals surface area contributed by atoms with Gasteiger partial charge in [-0.3, -0.25) is 14.4 Å². The number of ether oxygens (including phenoxy) is 1. The molecule has 8 heteroatoms. The van der Waals surface area contributed by atoms with Gasteiger partial charge >= 0.3 is 0 Å². The van der Waals surface area contributed by atoms with Crippen molar-refractivity contribution in [3.63, 3.8) is 0 Å². The largest absolute Gasteiger partial charge is 0.477 e. The number of amides is 3. The van der Waals surface area contributed by atoms with Crippen LogP contribution in [-0.4, -0.2) is 47.9 Å². The van der Waals surface area contributed by atoms with Gasteiger partial charge in [-0.25, -0.2) is 0 Å². The monoisotopic (exact) mass is 385 g/mol. The van der Waals surface area contributed by atoms with Crippen molar-refractivity contribution >= 4 is 34.7 Å². The predicted molar refractivity (Wildman–Crippen MR) is 101 cm³/mol. The van der Waals surface area contributed by atoms with Crippen LogP contribution in [-0.2, 0) is 9.59 Å². The summed E-state index contributed by atoms with van der Waals surface area (Å²) in [7, 11) is 0. The van der Waals surface area contributed by atoms with Gasteiger partial charge in [0.15, 0.2) is 6.10 Å². The Morgan fingerprint density at radius 2 is 1.96 bits per heavy atom. The molecule has 7 nitrogen and oxygen atoms in total. The van der Waals surface area contributed by atoms with Gasteiger partial charge in [0.2, 0.25) is 5.91 Å². The minimum absolute atomic E-state index is 0.0444. The van der Waals surface area contributed by atoms with Gasteiger partial charge in [0.25, 0.3) is 11.8 Å². The predicted octanol–water partition coefficient (Wildman–Crippen LogP) is 1.63. The summed E-state index contributed by atoms with van der Waals surface area (Å²) in [5, 5.41) is 1.84. The van der Waals surface area contributed by atoms with Crippen LogP contribution < -0.4 is 15.4 Å². The molecule has 0 unspecified atom stereocenters. The standard InChI is InChI=1S/C19H19N3O4S/c20-17(23)15-11-22(12-5-1-2-7-14(12)26-15)18(24)13-6-3-9-21(13)19(25)16-8-4-10-27-16/h1-2,4-5,7-8,10,13,15H,3,6,9,11H2,(H2,20,23)/t13-,15-/m1/s1. The molecule has 0 saturated carbocycles. The number of fused-ring (bicyclic) bond motifs is 1. The third-order valence-electron chi connectivity index (χ3n) is 4.89. The molecule has 2 aliphatic heterocycles. The Hall–Kier alpha value is -2.87. The maximum atomic E-state index is 13.3. The molecule has 4 rings (SSSR count). The zero-order valence-electron chi connectivity index (χ0n) is 14.5. The Labute approximate surface area is 160 Å². The van der Waals surface area contributed by atoms with Crippen LogP contribution in [0.15, 0.2) is 41.8 Å². The lowest BCUT2D eigenvalue weighted by Gasteiger charge is -2.36. The van der Waals surface area contributed by atoms with Crippen LogP contribution in [0.25, 0.3) is 0 Å². The molecule has 2 N–H and O–H groups in total. The number of hydrogen-bond donors (Lipinski definition) is 1. The number of benzene rings is 1. The average Bonchev–Trinajstić information content (AvgIpc) is 3.37. The average molecular weight is 385 g/mol. The highest BCUT2D eigenvalue weighted by Gasteiger charge is 2.41. The number of carbonyl (C=O) groups is 3. The number of hydrogen-bond acceptors (Lipinski definition) is 5. The SMILES string of the molecule is NC(=O)[C@H]1CN(C(=O)[C@H]2CCCN2C(=O)c2cccs2)c2ccccc2O1. The number of nitrogens with zero attached hydrogens (tertiary/aromatic N) is 2. The Morgan fingerprint density at radius 1 is 1.15 bits per heavy atom. The first-order valence-corrected chi connectivity index (χ1v) is 9.65. The van der Waals surface area contributed by atoms with Crippen molar-refractivity contribution in [2.75, 3.05) is 18.0 Å². The van der Waals surface area contributed by atoms with E-state index in [0.717, 1.165) is 6.42 Å². The molecular formula is C19H19N3O4S. The van der Waals surface area contributed by atoms with Crippen molar-refractivity contribution in [1.82, 2.24) is 4.90 Å². The zero-order valence-corrected chi connectivity index (χ0v) is 15.4. The normalized spacial score (nSPS) is 21.5. The van der Waals surface area contributed by atoms with E-state index in [4.69, 9.17) is 10.5 Å². The summed E-state index contributed by atoms with van der Waals surface area (Å²) in [4.78, 5) is 41.6. The van der Waals surface area contributed by atoms with Gasteiger partial charge in [0.05, 0.1) is 17.1 Å². The van der Waals surface area contributed by atoms with Crippen LogP contribution in [0.5, 0.6) is 5.75 Å². The van der Waals surface area contributed by atoms with Gasteiger partial charge in [-0.1, -0.05) is 18.2 Å². The number of para-hydroxylation sites is 2. The van der Waals surface area contributed by atoms with E-state index in [9.17, 15) is 14.4 Å². The summed E-state index contributed by atoms with van der Waals surface area (Å²) in [5.41, 5.74) is 6.01. The second-order valence-corrected chi connectivity index (χ2v) is 7.51. The molecule has 2 aromatic rings. The fourth-order valence-corrected chi connectivity index (χ4v) is 4.26. The van der Waals surface area contributed by atoms with Crippen LogP contribution in [0.4, 0.5) is 5.69 Å². The van der Waals surface area contributed by atoms with E-state index in [0.29, 0.717) is 29.3 Å². The van der Waals surface area contributed by atoms with Crippen LogP contribution in [0.3, 0.4) is 0 Å². The van der Waals surface area contributed by atoms with E-state index >= 15 is 0 Å². The summed E-state index contributed by atoms with van der Waals surface area (Å²) in [6, 6.07) is 10.1. The number of likely N-dealkylation sites (tertiary alicyclic amines) is 1. The number of primary amides is 1. The molecule has 2 aliphatic rings. The number of rotatable bonds is 3. The number of anilines is 1. The van der Waals surface area contributed by atoms with Gasteiger partial charge in [0, 0.05) is 6.54 Å². The van der Waals surface area contributed by atoms with E-state index in [1.54, 1.807) is 35.2 Å². The highest BCUT2D eigenvalue weighted by atomic mass is 32.1. The highest BCUT2D eigenvalue weighted by molar-refractivity contribution is 7.12. The number of thiophene rings is 1. The molecule has 140 valence electrons. The molecular weight excluding hydrogens is 366 g/mol. The van der Waals surface area contributed by atoms with Gasteiger partial charge in [-0.2, -0.15) is 0 Å². The maximum absolute atomic E-state index is 13.3. The Kier molecular flexibility index (Phi) is 4.57. The van der Waals surface area contributed by atoms with Crippen LogP contribution in [0.1, 0.15) is 22.5 Å². The molecule has 1 aromatic carbocycles. The molecule has 1 saturated heterocycles. The highest BCUT2D eigenvalue weighted by Crippen LogP contribution is 2.35. The van der Waals surface area contributed by atoms with E-state index in [2.05, 4.69) is 0 Å². The van der Waals surface area contributed by atoms with Gasteiger partial charge < -0.3 is 20.3 Å². The van der Waals surface area contributed by atoms with Gasteiger partial charge in [-0.15, -0.1) is 11.3 Å². The van der Waals surface area contributed by atoms with Crippen molar-refractivity contribution in [2.24, 2.45) is 5.73 Å². The lowest BCUT2D eigenvalue weighted by Crippen LogP contribution is -2.54. The molecule has 0 aliphatic carbocycles. The molecule has 2 atom stereocenters. The molecule has 3 amide bonds. The molecule has 27 heavy (non-hydrogen) atoms. The first-order chi connectivity index (χ1) is 13.1. The smallest absolute Gasteiger partial charge is 0.264 e. The fraction of sp³-hybridized carbons (Fsp3) is 0.316. The second kappa shape index (κ2) is 7.03. The summed E-state index contributed by atoms with van der Waals surface area (Å²) in [6.45, 7) is 0.584. The van der Waals surface area contributed by atoms with Gasteiger partial charge in [0.1, 0.15) is 11.8 Å². The number of carbonyl (C=O) groups excluding carboxylic acids is 3. The van der Waals surface area contributed by atoms with E-state index < -0.39 is 18.1 Å². The van der Waals surface area contributed by atoms with Crippen LogP contribution in [0, 0.1) is 0 Å². The van der Waals surface area contributed by atoms with Crippen LogP contribution in [0.2, 0.25) is 0 Å². The fourth-order valence-electron chi connectivity index (χ4n) is 3.58. The van der Waals surface area contributed by atoms with Crippen molar-refractivity contribution in [3.05, 3.63) is 46.7 Å². The van der Waals surface area contributed by atoms with Crippen LogP contribution >= 0.6 is 11.3 Å². The molecule has 3 heterocycles. The first-order valence-electron chi connectivity index (χ1n) is 8.77. The molecule has 0 spiro atoms. The molecule has 1 aromatic heterocycles.